The standard InChI is InChI=1S/C7H5ClF2INO/c8-2-3-1-4(5(9)10)6(11)12-7(3)13/h1,5H,2H2,(H,12,13). The van der Waals surface area contributed by atoms with Crippen molar-refractivity contribution in [3.05, 3.63) is 31.2 Å². The Morgan fingerprint density at radius 3 is 2.69 bits per heavy atom. The lowest BCUT2D eigenvalue weighted by Crippen LogP contribution is -2.14. The Kier molecular flexibility index (Phi) is 3.66. The van der Waals surface area contributed by atoms with E-state index < -0.39 is 12.0 Å². The molecule has 1 N–H and O–H groups in total. The Bertz CT molecular complexity index is 366. The van der Waals surface area contributed by atoms with Gasteiger partial charge in [0.2, 0.25) is 0 Å². The molecule has 13 heavy (non-hydrogen) atoms. The molecule has 0 saturated carbocycles. The number of halogens is 4. The van der Waals surface area contributed by atoms with Crippen LogP contribution < -0.4 is 5.56 Å². The Hall–Kier alpha value is -0.170. The maximum atomic E-state index is 12.3. The number of pyridine rings is 1. The summed E-state index contributed by atoms with van der Waals surface area (Å²) in [5, 5.41) is 0. The molecule has 0 aliphatic carbocycles. The number of hydrogen-bond donors (Lipinski definition) is 1. The lowest BCUT2D eigenvalue weighted by Gasteiger charge is -2.03. The zero-order valence-electron chi connectivity index (χ0n) is 6.28. The van der Waals surface area contributed by atoms with E-state index in [1.807, 2.05) is 0 Å². The van der Waals surface area contributed by atoms with E-state index in [1.165, 1.54) is 0 Å². The molecule has 0 spiro atoms. The van der Waals surface area contributed by atoms with E-state index in [4.69, 9.17) is 11.6 Å². The fourth-order valence-electron chi connectivity index (χ4n) is 0.827. The summed E-state index contributed by atoms with van der Waals surface area (Å²) in [4.78, 5) is 13.4. The molecular formula is C7H5ClF2INO. The van der Waals surface area contributed by atoms with E-state index in [2.05, 4.69) is 4.98 Å². The van der Waals surface area contributed by atoms with Gasteiger partial charge < -0.3 is 4.98 Å². The molecule has 6 heteroatoms. The molecule has 0 unspecified atom stereocenters. The van der Waals surface area contributed by atoms with E-state index >= 15 is 0 Å². The van der Waals surface area contributed by atoms with Crippen LogP contribution >= 0.6 is 34.2 Å². The molecule has 0 fully saturated rings. The van der Waals surface area contributed by atoms with Crippen molar-refractivity contribution >= 4 is 34.2 Å². The highest BCUT2D eigenvalue weighted by molar-refractivity contribution is 14.1. The van der Waals surface area contributed by atoms with Crippen molar-refractivity contribution in [2.24, 2.45) is 0 Å². The predicted molar refractivity (Wildman–Crippen MR) is 54.3 cm³/mol. The Labute approximate surface area is 91.4 Å². The van der Waals surface area contributed by atoms with Gasteiger partial charge in [-0.25, -0.2) is 8.78 Å². The highest BCUT2D eigenvalue weighted by Crippen LogP contribution is 2.22. The average molecular weight is 319 g/mol. The molecule has 0 aromatic carbocycles. The van der Waals surface area contributed by atoms with Gasteiger partial charge in [0.15, 0.2) is 0 Å². The van der Waals surface area contributed by atoms with E-state index in [-0.39, 0.29) is 20.7 Å². The molecule has 0 atom stereocenters. The smallest absolute Gasteiger partial charge is 0.266 e. The summed E-state index contributed by atoms with van der Waals surface area (Å²) in [6.45, 7) is 0. The fraction of sp³-hybridized carbons (Fsp3) is 0.286. The average Bonchev–Trinajstić information content (AvgIpc) is 2.03. The van der Waals surface area contributed by atoms with Crippen molar-refractivity contribution in [3.8, 4) is 0 Å². The van der Waals surface area contributed by atoms with Gasteiger partial charge in [-0.1, -0.05) is 0 Å². The Balaban J connectivity index is 3.31. The molecule has 1 aromatic rings. The lowest BCUT2D eigenvalue weighted by molar-refractivity contribution is 0.149. The van der Waals surface area contributed by atoms with Crippen LogP contribution in [0.3, 0.4) is 0 Å². The second kappa shape index (κ2) is 4.36. The normalized spacial score (nSPS) is 10.8. The largest absolute Gasteiger partial charge is 0.317 e. The summed E-state index contributed by atoms with van der Waals surface area (Å²) in [7, 11) is 0. The zero-order chi connectivity index (χ0) is 10.0. The second-order valence-corrected chi connectivity index (χ2v) is 3.67. The fourth-order valence-corrected chi connectivity index (χ4v) is 1.66. The molecule has 0 saturated heterocycles. The van der Waals surface area contributed by atoms with E-state index in [0.29, 0.717) is 0 Å². The highest BCUT2D eigenvalue weighted by Gasteiger charge is 2.14. The van der Waals surface area contributed by atoms with Gasteiger partial charge in [0.1, 0.15) is 0 Å². The summed E-state index contributed by atoms with van der Waals surface area (Å²) in [6, 6.07) is 1.14. The van der Waals surface area contributed by atoms with Gasteiger partial charge in [-0.05, 0) is 28.7 Å². The Morgan fingerprint density at radius 2 is 2.23 bits per heavy atom. The van der Waals surface area contributed by atoms with E-state index in [1.54, 1.807) is 22.6 Å². The van der Waals surface area contributed by atoms with Crippen molar-refractivity contribution < 1.29 is 8.78 Å². The Morgan fingerprint density at radius 1 is 1.62 bits per heavy atom. The maximum Gasteiger partial charge on any atom is 0.266 e. The number of aromatic amines is 1. The summed E-state index contributed by atoms with van der Waals surface area (Å²) in [5.41, 5.74) is -0.433. The van der Waals surface area contributed by atoms with Crippen molar-refractivity contribution in [3.63, 3.8) is 0 Å². The molecule has 0 aliphatic heterocycles. The minimum absolute atomic E-state index is 0.0635. The van der Waals surface area contributed by atoms with Crippen molar-refractivity contribution in [1.82, 2.24) is 4.98 Å². The monoisotopic (exact) mass is 319 g/mol. The molecule has 0 aliphatic rings. The summed E-state index contributed by atoms with van der Waals surface area (Å²) < 4.78 is 24.8. The van der Waals surface area contributed by atoms with Crippen LogP contribution in [0.4, 0.5) is 8.78 Å². The molecular weight excluding hydrogens is 314 g/mol. The molecule has 0 radical (unpaired) electrons. The minimum Gasteiger partial charge on any atom is -0.317 e. The molecule has 72 valence electrons. The number of nitrogens with one attached hydrogen (secondary N) is 1. The topological polar surface area (TPSA) is 32.9 Å². The third-order valence-corrected chi connectivity index (χ3v) is 2.66. The van der Waals surface area contributed by atoms with Crippen molar-refractivity contribution in [2.75, 3.05) is 0 Å². The van der Waals surface area contributed by atoms with Gasteiger partial charge in [-0.3, -0.25) is 4.79 Å². The van der Waals surface area contributed by atoms with Gasteiger partial charge in [0.05, 0.1) is 9.58 Å². The van der Waals surface area contributed by atoms with E-state index in [0.717, 1.165) is 6.07 Å². The molecule has 0 bridgehead atoms. The van der Waals surface area contributed by atoms with Crippen molar-refractivity contribution in [1.29, 1.82) is 0 Å². The van der Waals surface area contributed by atoms with Gasteiger partial charge >= 0.3 is 0 Å². The van der Waals surface area contributed by atoms with Crippen LogP contribution in [0.25, 0.3) is 0 Å². The first-order valence-corrected chi connectivity index (χ1v) is 4.93. The molecule has 2 nitrogen and oxygen atoms in total. The van der Waals surface area contributed by atoms with Crippen LogP contribution in [0.5, 0.6) is 0 Å². The van der Waals surface area contributed by atoms with Gasteiger partial charge in [0, 0.05) is 11.1 Å². The van der Waals surface area contributed by atoms with Crippen LogP contribution in [-0.4, -0.2) is 4.98 Å². The quantitative estimate of drug-likeness (QED) is 0.507. The first-order valence-electron chi connectivity index (χ1n) is 3.32. The third-order valence-electron chi connectivity index (χ3n) is 1.48. The van der Waals surface area contributed by atoms with Crippen molar-refractivity contribution in [2.45, 2.75) is 12.3 Å². The molecule has 1 aromatic heterocycles. The van der Waals surface area contributed by atoms with Crippen LogP contribution in [0, 0.1) is 3.70 Å². The number of alkyl halides is 3. The van der Waals surface area contributed by atoms with E-state index in [9.17, 15) is 13.6 Å². The SMILES string of the molecule is O=c1[nH]c(I)c(C(F)F)cc1CCl. The maximum absolute atomic E-state index is 12.3. The van der Waals surface area contributed by atoms with Gasteiger partial charge in [0.25, 0.3) is 12.0 Å². The summed E-state index contributed by atoms with van der Waals surface area (Å²) in [6.07, 6.45) is -2.59. The lowest BCUT2D eigenvalue weighted by atomic mass is 10.2. The number of H-pyrrole nitrogens is 1. The number of rotatable bonds is 2. The van der Waals surface area contributed by atoms with Gasteiger partial charge in [-0.2, -0.15) is 0 Å². The van der Waals surface area contributed by atoms with Crippen LogP contribution in [0.2, 0.25) is 0 Å². The molecule has 1 heterocycles. The number of aromatic nitrogens is 1. The first kappa shape index (κ1) is 10.9. The van der Waals surface area contributed by atoms with Gasteiger partial charge in [-0.15, -0.1) is 11.6 Å². The van der Waals surface area contributed by atoms with Crippen LogP contribution in [0.1, 0.15) is 17.6 Å². The zero-order valence-corrected chi connectivity index (χ0v) is 9.20. The minimum atomic E-state index is -2.59. The molecule has 1 rings (SSSR count). The second-order valence-electron chi connectivity index (χ2n) is 2.33. The van der Waals surface area contributed by atoms with Crippen LogP contribution in [0.15, 0.2) is 10.9 Å². The summed E-state index contributed by atoms with van der Waals surface area (Å²) in [5.74, 6) is -0.0635. The number of hydrogen-bond acceptors (Lipinski definition) is 1. The predicted octanol–water partition coefficient (Wildman–Crippen LogP) is 2.66. The highest BCUT2D eigenvalue weighted by atomic mass is 127. The third kappa shape index (κ3) is 2.40. The molecule has 0 amide bonds. The summed E-state index contributed by atoms with van der Waals surface area (Å²) >= 11 is 7.05. The first-order chi connectivity index (χ1) is 6.06. The van der Waals surface area contributed by atoms with Crippen LogP contribution in [-0.2, 0) is 5.88 Å².